The Labute approximate surface area is 160 Å². The van der Waals surface area contributed by atoms with Gasteiger partial charge in [-0.1, -0.05) is 0 Å². The van der Waals surface area contributed by atoms with Gasteiger partial charge in [-0.2, -0.15) is 0 Å². The zero-order valence-corrected chi connectivity index (χ0v) is 15.7. The average molecular weight is 409 g/mol. The molecule has 2 fully saturated rings. The monoisotopic (exact) mass is 409 g/mol. The van der Waals surface area contributed by atoms with Crippen LogP contribution in [0, 0.1) is 0 Å². The SMILES string of the molecule is CO[C@@H]1C(C(=O)O)O[C@@H](OC2C(NC(C)=O)C(C)OC(CO)[C@H]2O)C(O)C1O. The molecule has 6 N–H and O–H groups in total. The molecule has 1 amide bonds. The summed E-state index contributed by atoms with van der Waals surface area (Å²) < 4.78 is 21.2. The van der Waals surface area contributed by atoms with Crippen molar-refractivity contribution in [3.05, 3.63) is 0 Å². The van der Waals surface area contributed by atoms with Gasteiger partial charge in [0.1, 0.15) is 36.6 Å². The molecule has 12 nitrogen and oxygen atoms in total. The van der Waals surface area contributed by atoms with E-state index in [0.29, 0.717) is 0 Å². The number of ether oxygens (including phenoxy) is 4. The lowest BCUT2D eigenvalue weighted by molar-refractivity contribution is -0.327. The highest BCUT2D eigenvalue weighted by Crippen LogP contribution is 2.30. The summed E-state index contributed by atoms with van der Waals surface area (Å²) in [7, 11) is 1.16. The number of methoxy groups -OCH3 is 1. The van der Waals surface area contributed by atoms with E-state index in [2.05, 4.69) is 5.32 Å². The van der Waals surface area contributed by atoms with Crippen LogP contribution >= 0.6 is 0 Å². The number of rotatable bonds is 6. The third-order valence-corrected chi connectivity index (χ3v) is 4.87. The Bertz CT molecular complexity index is 561. The van der Waals surface area contributed by atoms with Gasteiger partial charge in [-0.3, -0.25) is 4.79 Å². The second kappa shape index (κ2) is 9.41. The molecule has 2 saturated heterocycles. The fourth-order valence-electron chi connectivity index (χ4n) is 3.45. The molecular weight excluding hydrogens is 382 g/mol. The van der Waals surface area contributed by atoms with Crippen LogP contribution in [-0.4, -0.2) is 112 Å². The molecule has 2 heterocycles. The average Bonchev–Trinajstić information content (AvgIpc) is 2.63. The molecule has 10 atom stereocenters. The van der Waals surface area contributed by atoms with Crippen molar-refractivity contribution in [2.75, 3.05) is 13.7 Å². The minimum absolute atomic E-state index is 0.447. The minimum atomic E-state index is -1.70. The maximum atomic E-state index is 11.5. The molecule has 12 heteroatoms. The first-order valence-corrected chi connectivity index (χ1v) is 8.76. The quantitative estimate of drug-likeness (QED) is 0.256. The van der Waals surface area contributed by atoms with Gasteiger partial charge >= 0.3 is 5.97 Å². The van der Waals surface area contributed by atoms with Gasteiger partial charge in [0, 0.05) is 14.0 Å². The lowest BCUT2D eigenvalue weighted by atomic mass is 9.92. The summed E-state index contributed by atoms with van der Waals surface area (Å²) in [5.41, 5.74) is 0. The fourth-order valence-corrected chi connectivity index (χ4v) is 3.45. The van der Waals surface area contributed by atoms with Crippen LogP contribution in [0.15, 0.2) is 0 Å². The van der Waals surface area contributed by atoms with E-state index in [4.69, 9.17) is 18.9 Å². The van der Waals surface area contributed by atoms with Crippen molar-refractivity contribution in [2.24, 2.45) is 0 Å². The van der Waals surface area contributed by atoms with E-state index in [1.165, 1.54) is 6.92 Å². The van der Waals surface area contributed by atoms with Crippen LogP contribution in [0.1, 0.15) is 13.8 Å². The van der Waals surface area contributed by atoms with Gasteiger partial charge in [-0.25, -0.2) is 4.79 Å². The van der Waals surface area contributed by atoms with E-state index in [0.717, 1.165) is 7.11 Å². The highest BCUT2D eigenvalue weighted by Gasteiger charge is 2.52. The Morgan fingerprint density at radius 1 is 1.07 bits per heavy atom. The zero-order chi connectivity index (χ0) is 21.2. The first kappa shape index (κ1) is 22.9. The van der Waals surface area contributed by atoms with Crippen LogP contribution in [0.4, 0.5) is 0 Å². The lowest BCUT2D eigenvalue weighted by Gasteiger charge is -2.47. The molecule has 0 spiro atoms. The molecule has 0 aliphatic carbocycles. The van der Waals surface area contributed by atoms with Crippen LogP contribution in [0.2, 0.25) is 0 Å². The number of amides is 1. The van der Waals surface area contributed by atoms with E-state index in [1.54, 1.807) is 6.92 Å². The van der Waals surface area contributed by atoms with Gasteiger partial charge in [0.25, 0.3) is 0 Å². The maximum Gasteiger partial charge on any atom is 0.335 e. The molecule has 0 radical (unpaired) electrons. The number of aliphatic hydroxyl groups is 4. The van der Waals surface area contributed by atoms with Crippen LogP contribution in [0.3, 0.4) is 0 Å². The molecule has 0 saturated carbocycles. The fraction of sp³-hybridized carbons (Fsp3) is 0.875. The van der Waals surface area contributed by atoms with E-state index < -0.39 is 79.6 Å². The highest BCUT2D eigenvalue weighted by atomic mass is 16.7. The summed E-state index contributed by atoms with van der Waals surface area (Å²) >= 11 is 0. The van der Waals surface area contributed by atoms with Gasteiger partial charge in [0.05, 0.1) is 18.8 Å². The van der Waals surface area contributed by atoms with Crippen molar-refractivity contribution >= 4 is 11.9 Å². The minimum Gasteiger partial charge on any atom is -0.479 e. The summed E-state index contributed by atoms with van der Waals surface area (Å²) in [5.74, 6) is -1.89. The van der Waals surface area contributed by atoms with Crippen molar-refractivity contribution in [1.29, 1.82) is 0 Å². The molecule has 162 valence electrons. The Morgan fingerprint density at radius 3 is 2.21 bits per heavy atom. The van der Waals surface area contributed by atoms with Crippen molar-refractivity contribution in [3.63, 3.8) is 0 Å². The van der Waals surface area contributed by atoms with Gasteiger partial charge < -0.3 is 49.8 Å². The third kappa shape index (κ3) is 4.60. The molecule has 2 aliphatic rings. The van der Waals surface area contributed by atoms with E-state index in [-0.39, 0.29) is 0 Å². The Morgan fingerprint density at radius 2 is 1.71 bits per heavy atom. The number of carbonyl (C=O) groups is 2. The predicted octanol–water partition coefficient (Wildman–Crippen LogP) is -3.44. The summed E-state index contributed by atoms with van der Waals surface area (Å²) in [4.78, 5) is 23.0. The topological polar surface area (TPSA) is 184 Å². The Balaban J connectivity index is 2.26. The van der Waals surface area contributed by atoms with Crippen LogP contribution in [-0.2, 0) is 28.5 Å². The Hall–Kier alpha value is -1.38. The molecule has 0 aromatic heterocycles. The molecular formula is C16H27NO11. The second-order valence-corrected chi connectivity index (χ2v) is 6.82. The summed E-state index contributed by atoms with van der Waals surface area (Å²) in [6.45, 7) is 2.28. The van der Waals surface area contributed by atoms with E-state index >= 15 is 0 Å². The number of aliphatic carboxylic acids is 1. The molecule has 2 rings (SSSR count). The highest BCUT2D eigenvalue weighted by molar-refractivity contribution is 5.73. The first-order valence-electron chi connectivity index (χ1n) is 8.76. The summed E-state index contributed by atoms with van der Waals surface area (Å²) in [6, 6.07) is -0.897. The molecule has 28 heavy (non-hydrogen) atoms. The van der Waals surface area contributed by atoms with E-state index in [1.807, 2.05) is 0 Å². The normalized spacial score (nSPS) is 44.1. The zero-order valence-electron chi connectivity index (χ0n) is 15.7. The molecule has 0 aromatic rings. The lowest BCUT2D eigenvalue weighted by Crippen LogP contribution is -2.67. The van der Waals surface area contributed by atoms with Gasteiger partial charge in [-0.15, -0.1) is 0 Å². The van der Waals surface area contributed by atoms with E-state index in [9.17, 15) is 35.1 Å². The second-order valence-electron chi connectivity index (χ2n) is 6.82. The number of carbonyl (C=O) groups excluding carboxylic acids is 1. The predicted molar refractivity (Wildman–Crippen MR) is 89.0 cm³/mol. The van der Waals surface area contributed by atoms with Crippen LogP contribution in [0.25, 0.3) is 0 Å². The number of nitrogens with one attached hydrogen (secondary N) is 1. The number of aliphatic hydroxyl groups excluding tert-OH is 4. The number of hydrogen-bond acceptors (Lipinski definition) is 10. The van der Waals surface area contributed by atoms with Crippen molar-refractivity contribution in [3.8, 4) is 0 Å². The molecule has 0 aromatic carbocycles. The number of carboxylic acid groups (broad SMARTS) is 1. The van der Waals surface area contributed by atoms with Crippen LogP contribution < -0.4 is 5.32 Å². The van der Waals surface area contributed by atoms with Crippen molar-refractivity contribution < 1.29 is 54.1 Å². The van der Waals surface area contributed by atoms with Crippen LogP contribution in [0.5, 0.6) is 0 Å². The van der Waals surface area contributed by atoms with Gasteiger partial charge in [0.15, 0.2) is 12.4 Å². The third-order valence-electron chi connectivity index (χ3n) is 4.87. The number of carboxylic acids is 1. The van der Waals surface area contributed by atoms with Gasteiger partial charge in [-0.05, 0) is 6.92 Å². The van der Waals surface area contributed by atoms with Crippen molar-refractivity contribution in [2.45, 2.75) is 75.0 Å². The Kier molecular flexibility index (Phi) is 7.70. The molecule has 0 bridgehead atoms. The molecule has 2 aliphatic heterocycles. The smallest absolute Gasteiger partial charge is 0.335 e. The first-order chi connectivity index (χ1) is 13.1. The summed E-state index contributed by atoms with van der Waals surface area (Å²) in [5, 5.41) is 52.2. The molecule has 7 unspecified atom stereocenters. The number of hydrogen-bond donors (Lipinski definition) is 6. The largest absolute Gasteiger partial charge is 0.479 e. The summed E-state index contributed by atoms with van der Waals surface area (Å²) in [6.07, 6.45) is -12.4. The van der Waals surface area contributed by atoms with Gasteiger partial charge in [0.2, 0.25) is 5.91 Å². The van der Waals surface area contributed by atoms with Crippen molar-refractivity contribution in [1.82, 2.24) is 5.32 Å². The standard InChI is InChI=1S/C16H27NO11/c1-5-8(17-6(2)19)12(9(20)7(4-18)26-5)27-16-11(22)10(21)13(25-3)14(28-16)15(23)24/h5,7-14,16,18,20-22H,4H2,1-3H3,(H,17,19)(H,23,24)/t5?,7?,8?,9-,10?,11?,12?,13+,14?,16-/m1/s1. The maximum absolute atomic E-state index is 11.5.